The van der Waals surface area contributed by atoms with E-state index in [-0.39, 0.29) is 30.6 Å². The van der Waals surface area contributed by atoms with E-state index >= 15 is 0 Å². The summed E-state index contributed by atoms with van der Waals surface area (Å²) in [5.74, 6) is -1.42. The Morgan fingerprint density at radius 2 is 1.86 bits per heavy atom. The zero-order valence-electron chi connectivity index (χ0n) is 21.4. The van der Waals surface area contributed by atoms with Crippen molar-refractivity contribution in [2.45, 2.75) is 95.3 Å². The fraction of sp³-hybridized carbons (Fsp3) is 0.833. The number of esters is 1. The molecule has 2 amide bonds. The molecule has 0 saturated carbocycles. The van der Waals surface area contributed by atoms with Crippen LogP contribution in [0.3, 0.4) is 0 Å². The standard InChI is InChI=1S/C24H36N4O8/c1-15(29)32-14-17-19(20-21(33-17)36-23(2,3)35-20)34-22(31)27-10-7-24(4,8-11-27)26-13-18(30)28-9-5-6-16(28)12-25/h16-17,19-21,26H,5-11,13-14H2,1-4H3/t16-,17+,19-,20+,21+/m0/s1. The highest BCUT2D eigenvalue weighted by molar-refractivity contribution is 5.79. The van der Waals surface area contributed by atoms with Crippen molar-refractivity contribution in [3.63, 3.8) is 0 Å². The van der Waals surface area contributed by atoms with Gasteiger partial charge in [-0.2, -0.15) is 5.26 Å². The summed E-state index contributed by atoms with van der Waals surface area (Å²) in [6, 6.07) is 1.85. The van der Waals surface area contributed by atoms with Crippen LogP contribution in [0.25, 0.3) is 0 Å². The SMILES string of the molecule is CC(=O)OC[C@H]1O[C@@H]2OC(C)(C)O[C@@H]2[C@H]1OC(=O)N1CCC(C)(NCC(=O)N2CCC[C@H]2C#N)CC1. The zero-order chi connectivity index (χ0) is 26.1. The van der Waals surface area contributed by atoms with E-state index in [1.54, 1.807) is 23.6 Å². The van der Waals surface area contributed by atoms with Crippen LogP contribution in [-0.4, -0.2) is 103 Å². The molecule has 4 fully saturated rings. The number of nitrogens with zero attached hydrogens (tertiary/aromatic N) is 3. The maximum absolute atomic E-state index is 13.0. The molecule has 12 nitrogen and oxygen atoms in total. The summed E-state index contributed by atoms with van der Waals surface area (Å²) in [4.78, 5) is 40.2. The molecule has 4 saturated heterocycles. The average Bonchev–Trinajstić information content (AvgIpc) is 3.49. The number of ether oxygens (including phenoxy) is 5. The number of amides is 2. The number of carbonyl (C=O) groups is 3. The summed E-state index contributed by atoms with van der Waals surface area (Å²) in [5, 5.41) is 12.6. The maximum Gasteiger partial charge on any atom is 0.410 e. The van der Waals surface area contributed by atoms with Crippen LogP contribution in [0.15, 0.2) is 0 Å². The van der Waals surface area contributed by atoms with Crippen LogP contribution < -0.4 is 5.32 Å². The van der Waals surface area contributed by atoms with Gasteiger partial charge in [-0.1, -0.05) is 0 Å². The second-order valence-corrected chi connectivity index (χ2v) is 10.6. The van der Waals surface area contributed by atoms with Gasteiger partial charge < -0.3 is 38.8 Å². The number of rotatable bonds is 6. The van der Waals surface area contributed by atoms with Gasteiger partial charge in [-0.25, -0.2) is 4.79 Å². The van der Waals surface area contributed by atoms with Gasteiger partial charge in [0, 0.05) is 32.1 Å². The van der Waals surface area contributed by atoms with Crippen LogP contribution in [0.2, 0.25) is 0 Å². The Balaban J connectivity index is 1.29. The van der Waals surface area contributed by atoms with Crippen LogP contribution in [0.4, 0.5) is 4.79 Å². The molecule has 0 spiro atoms. The van der Waals surface area contributed by atoms with Gasteiger partial charge in [-0.3, -0.25) is 9.59 Å². The number of piperidine rings is 1. The van der Waals surface area contributed by atoms with Gasteiger partial charge in [0.15, 0.2) is 24.3 Å². The van der Waals surface area contributed by atoms with E-state index in [9.17, 15) is 19.6 Å². The van der Waals surface area contributed by atoms with Gasteiger partial charge in [-0.05, 0) is 46.5 Å². The van der Waals surface area contributed by atoms with E-state index in [0.717, 1.165) is 12.8 Å². The molecule has 4 rings (SSSR count). The van der Waals surface area contributed by atoms with E-state index in [2.05, 4.69) is 11.4 Å². The molecule has 0 aliphatic carbocycles. The van der Waals surface area contributed by atoms with Crippen molar-refractivity contribution >= 4 is 18.0 Å². The molecular formula is C24H36N4O8. The first-order chi connectivity index (χ1) is 17.0. The minimum absolute atomic E-state index is 0.0709. The first-order valence-electron chi connectivity index (χ1n) is 12.5. The summed E-state index contributed by atoms with van der Waals surface area (Å²) in [7, 11) is 0. The Morgan fingerprint density at radius 1 is 1.14 bits per heavy atom. The molecule has 5 atom stereocenters. The second-order valence-electron chi connectivity index (χ2n) is 10.6. The summed E-state index contributed by atoms with van der Waals surface area (Å²) < 4.78 is 28.4. The van der Waals surface area contributed by atoms with E-state index in [1.807, 2.05) is 6.92 Å². The largest absolute Gasteiger partial charge is 0.463 e. The molecule has 4 heterocycles. The van der Waals surface area contributed by atoms with E-state index in [4.69, 9.17) is 23.7 Å². The van der Waals surface area contributed by atoms with Crippen LogP contribution in [0.5, 0.6) is 0 Å². The number of hydrogen-bond donors (Lipinski definition) is 1. The molecular weight excluding hydrogens is 472 g/mol. The van der Waals surface area contributed by atoms with Crippen molar-refractivity contribution in [3.05, 3.63) is 0 Å². The zero-order valence-corrected chi connectivity index (χ0v) is 21.4. The van der Waals surface area contributed by atoms with Crippen LogP contribution in [-0.2, 0) is 33.3 Å². The predicted molar refractivity (Wildman–Crippen MR) is 123 cm³/mol. The van der Waals surface area contributed by atoms with Crippen molar-refractivity contribution in [2.75, 3.05) is 32.8 Å². The van der Waals surface area contributed by atoms with Crippen LogP contribution in [0, 0.1) is 11.3 Å². The monoisotopic (exact) mass is 508 g/mol. The molecule has 12 heteroatoms. The third kappa shape index (κ3) is 5.91. The van der Waals surface area contributed by atoms with Gasteiger partial charge in [0.05, 0.1) is 12.6 Å². The Kier molecular flexibility index (Phi) is 7.75. The lowest BCUT2D eigenvalue weighted by molar-refractivity contribution is -0.220. The lowest BCUT2D eigenvalue weighted by Crippen LogP contribution is -2.55. The Bertz CT molecular complexity index is 897. The molecule has 0 aromatic heterocycles. The first-order valence-corrected chi connectivity index (χ1v) is 12.5. The molecule has 200 valence electrons. The fourth-order valence-corrected chi connectivity index (χ4v) is 5.16. The summed E-state index contributed by atoms with van der Waals surface area (Å²) in [6.07, 6.45) is -0.505. The van der Waals surface area contributed by atoms with Crippen molar-refractivity contribution < 1.29 is 38.1 Å². The maximum atomic E-state index is 13.0. The fourth-order valence-electron chi connectivity index (χ4n) is 5.16. The third-order valence-corrected chi connectivity index (χ3v) is 7.29. The molecule has 4 aliphatic rings. The number of carbonyl (C=O) groups excluding carboxylic acids is 3. The topological polar surface area (TPSA) is 140 Å². The minimum atomic E-state index is -0.884. The number of hydrogen-bond acceptors (Lipinski definition) is 10. The lowest BCUT2D eigenvalue weighted by atomic mass is 9.89. The number of nitrogens with one attached hydrogen (secondary N) is 1. The molecule has 0 bridgehead atoms. The number of nitriles is 1. The first kappa shape index (κ1) is 26.6. The minimum Gasteiger partial charge on any atom is -0.463 e. The second kappa shape index (κ2) is 10.5. The lowest BCUT2D eigenvalue weighted by Gasteiger charge is -2.40. The van der Waals surface area contributed by atoms with E-state index in [1.165, 1.54) is 6.92 Å². The summed E-state index contributed by atoms with van der Waals surface area (Å²) in [5.41, 5.74) is -0.319. The highest BCUT2D eigenvalue weighted by Gasteiger charge is 2.57. The quantitative estimate of drug-likeness (QED) is 0.515. The third-order valence-electron chi connectivity index (χ3n) is 7.29. The Hall–Kier alpha value is -2.46. The summed E-state index contributed by atoms with van der Waals surface area (Å²) in [6.45, 7) is 8.42. The molecule has 1 N–H and O–H groups in total. The van der Waals surface area contributed by atoms with Crippen LogP contribution >= 0.6 is 0 Å². The summed E-state index contributed by atoms with van der Waals surface area (Å²) >= 11 is 0. The molecule has 0 aromatic carbocycles. The molecule has 0 aromatic rings. The van der Waals surface area contributed by atoms with Gasteiger partial charge >= 0.3 is 12.1 Å². The highest BCUT2D eigenvalue weighted by atomic mass is 16.8. The van der Waals surface area contributed by atoms with Gasteiger partial charge in [0.25, 0.3) is 0 Å². The van der Waals surface area contributed by atoms with E-state index in [0.29, 0.717) is 32.5 Å². The van der Waals surface area contributed by atoms with Crippen LogP contribution in [0.1, 0.15) is 53.4 Å². The molecule has 0 unspecified atom stereocenters. The molecule has 4 aliphatic heterocycles. The molecule has 36 heavy (non-hydrogen) atoms. The van der Waals surface area contributed by atoms with Crippen molar-refractivity contribution in [3.8, 4) is 6.07 Å². The van der Waals surface area contributed by atoms with Gasteiger partial charge in [-0.15, -0.1) is 0 Å². The van der Waals surface area contributed by atoms with Crippen molar-refractivity contribution in [1.29, 1.82) is 5.26 Å². The number of fused-ring (bicyclic) bond motifs is 1. The normalized spacial score (nSPS) is 32.6. The highest BCUT2D eigenvalue weighted by Crippen LogP contribution is 2.39. The van der Waals surface area contributed by atoms with Crippen molar-refractivity contribution in [2.24, 2.45) is 0 Å². The predicted octanol–water partition coefficient (Wildman–Crippen LogP) is 0.890. The number of likely N-dealkylation sites (tertiary alicyclic amines) is 2. The van der Waals surface area contributed by atoms with Gasteiger partial charge in [0.1, 0.15) is 18.8 Å². The van der Waals surface area contributed by atoms with Gasteiger partial charge in [0.2, 0.25) is 5.91 Å². The Labute approximate surface area is 211 Å². The van der Waals surface area contributed by atoms with Crippen molar-refractivity contribution in [1.82, 2.24) is 15.1 Å². The molecule has 0 radical (unpaired) electrons. The Morgan fingerprint density at radius 3 is 2.53 bits per heavy atom. The smallest absolute Gasteiger partial charge is 0.410 e. The average molecular weight is 509 g/mol. The van der Waals surface area contributed by atoms with E-state index < -0.39 is 42.5 Å².